The summed E-state index contributed by atoms with van der Waals surface area (Å²) in [5.41, 5.74) is 1.45. The lowest BCUT2D eigenvalue weighted by Crippen LogP contribution is -2.37. The molecule has 0 spiro atoms. The van der Waals surface area contributed by atoms with E-state index in [0.29, 0.717) is 31.6 Å². The van der Waals surface area contributed by atoms with E-state index in [2.05, 4.69) is 100 Å². The van der Waals surface area contributed by atoms with E-state index < -0.39 is 0 Å². The molecule has 1 aromatic heterocycles. The van der Waals surface area contributed by atoms with E-state index >= 15 is 0 Å². The van der Waals surface area contributed by atoms with Gasteiger partial charge in [0, 0.05) is 44.5 Å². The van der Waals surface area contributed by atoms with Gasteiger partial charge in [0.15, 0.2) is 0 Å². The Labute approximate surface area is 242 Å². The lowest BCUT2D eigenvalue weighted by Gasteiger charge is -2.17. The van der Waals surface area contributed by atoms with E-state index in [1.54, 1.807) is 12.3 Å². The molecule has 2 amide bonds. The monoisotopic (exact) mass is 546 g/mol. The van der Waals surface area contributed by atoms with Crippen molar-refractivity contribution in [2.75, 3.05) is 33.2 Å². The molecule has 1 aromatic rings. The van der Waals surface area contributed by atoms with Crippen LogP contribution in [0.2, 0.25) is 0 Å². The number of nitrogens with zero attached hydrogens (tertiary/aromatic N) is 2. The number of likely N-dealkylation sites (N-methyl/N-ethyl adjacent to an activating group) is 1. The molecule has 0 saturated carbocycles. The van der Waals surface area contributed by atoms with Gasteiger partial charge in [0.25, 0.3) is 5.91 Å². The molecule has 6 heteroatoms. The van der Waals surface area contributed by atoms with E-state index in [1.165, 1.54) is 0 Å². The van der Waals surface area contributed by atoms with Crippen molar-refractivity contribution in [2.24, 2.45) is 0 Å². The molecule has 218 valence electrons. The third-order valence-electron chi connectivity index (χ3n) is 5.90. The number of nitrogens with one attached hydrogen (secondary N) is 2. The Kier molecular flexibility index (Phi) is 21.2. The van der Waals surface area contributed by atoms with Crippen LogP contribution in [0.15, 0.2) is 91.2 Å². The van der Waals surface area contributed by atoms with Crippen LogP contribution >= 0.6 is 0 Å². The quantitative estimate of drug-likeness (QED) is 0.169. The lowest BCUT2D eigenvalue weighted by molar-refractivity contribution is -0.121. The molecule has 6 nitrogen and oxygen atoms in total. The van der Waals surface area contributed by atoms with Gasteiger partial charge in [-0.15, -0.1) is 0 Å². The summed E-state index contributed by atoms with van der Waals surface area (Å²) in [6.07, 6.45) is 34.9. The van der Waals surface area contributed by atoms with E-state index in [0.717, 1.165) is 57.2 Å². The average Bonchev–Trinajstić information content (AvgIpc) is 2.94. The van der Waals surface area contributed by atoms with Crippen molar-refractivity contribution in [2.45, 2.75) is 65.2 Å². The fourth-order valence-corrected chi connectivity index (χ4v) is 3.50. The molecular weight excluding hydrogens is 496 g/mol. The zero-order valence-corrected chi connectivity index (χ0v) is 24.9. The summed E-state index contributed by atoms with van der Waals surface area (Å²) in [5, 5.41) is 5.86. The number of allylic oxidation sites excluding steroid dienone is 12. The minimum absolute atomic E-state index is 0.0631. The summed E-state index contributed by atoms with van der Waals surface area (Å²) in [6, 6.07) is 3.60. The second-order valence-electron chi connectivity index (χ2n) is 9.55. The van der Waals surface area contributed by atoms with E-state index in [4.69, 9.17) is 0 Å². The van der Waals surface area contributed by atoms with Gasteiger partial charge in [-0.3, -0.25) is 14.6 Å². The minimum atomic E-state index is -0.122. The first-order valence-corrected chi connectivity index (χ1v) is 14.6. The number of rotatable bonds is 21. The highest BCUT2D eigenvalue weighted by atomic mass is 16.2. The van der Waals surface area contributed by atoms with E-state index in [9.17, 15) is 9.59 Å². The molecule has 0 saturated heterocycles. The lowest BCUT2D eigenvalue weighted by atomic mass is 10.2. The molecule has 1 heterocycles. The first kappa shape index (κ1) is 34.5. The third-order valence-corrected chi connectivity index (χ3v) is 5.90. The molecule has 0 fully saturated rings. The Morgan fingerprint density at radius 3 is 1.75 bits per heavy atom. The van der Waals surface area contributed by atoms with Crippen molar-refractivity contribution in [3.8, 4) is 0 Å². The molecule has 0 aromatic carbocycles. The van der Waals surface area contributed by atoms with Gasteiger partial charge in [-0.2, -0.15) is 0 Å². The molecule has 0 aliphatic carbocycles. The Morgan fingerprint density at radius 2 is 1.25 bits per heavy atom. The Balaban J connectivity index is 1.98. The van der Waals surface area contributed by atoms with E-state index in [-0.39, 0.29) is 11.8 Å². The zero-order chi connectivity index (χ0) is 29.1. The number of aromatic nitrogens is 1. The fraction of sp³-hybridized carbons (Fsp3) is 0.441. The number of hydrogen-bond donors (Lipinski definition) is 2. The Morgan fingerprint density at radius 1 is 0.750 bits per heavy atom. The predicted molar refractivity (Wildman–Crippen MR) is 169 cm³/mol. The molecule has 0 atom stereocenters. The molecule has 0 radical (unpaired) electrons. The van der Waals surface area contributed by atoms with Gasteiger partial charge in [-0.1, -0.05) is 79.8 Å². The number of carbonyl (C=O) groups excluding carboxylic acids is 2. The predicted octanol–water partition coefficient (Wildman–Crippen LogP) is 6.65. The minimum Gasteiger partial charge on any atom is -0.355 e. The average molecular weight is 547 g/mol. The second kappa shape index (κ2) is 24.5. The van der Waals surface area contributed by atoms with Crippen molar-refractivity contribution in [1.82, 2.24) is 20.5 Å². The van der Waals surface area contributed by atoms with Gasteiger partial charge in [0.05, 0.1) is 5.56 Å². The summed E-state index contributed by atoms with van der Waals surface area (Å²) in [7, 11) is 1.98. The van der Waals surface area contributed by atoms with Crippen LogP contribution in [0, 0.1) is 6.92 Å². The molecule has 0 aliphatic heterocycles. The topological polar surface area (TPSA) is 74.3 Å². The van der Waals surface area contributed by atoms with Gasteiger partial charge in [0.2, 0.25) is 5.91 Å². The van der Waals surface area contributed by atoms with Gasteiger partial charge in [-0.25, -0.2) is 0 Å². The summed E-state index contributed by atoms with van der Waals surface area (Å²) >= 11 is 0. The van der Waals surface area contributed by atoms with Crippen LogP contribution in [0.1, 0.15) is 74.3 Å². The summed E-state index contributed by atoms with van der Waals surface area (Å²) < 4.78 is 0. The van der Waals surface area contributed by atoms with Gasteiger partial charge in [0.1, 0.15) is 0 Å². The summed E-state index contributed by atoms with van der Waals surface area (Å²) in [6.45, 7) is 6.61. The fourth-order valence-electron chi connectivity index (χ4n) is 3.50. The van der Waals surface area contributed by atoms with Crippen LogP contribution in [0.25, 0.3) is 0 Å². The third kappa shape index (κ3) is 20.5. The maximum atomic E-state index is 12.1. The summed E-state index contributed by atoms with van der Waals surface area (Å²) in [4.78, 5) is 30.4. The van der Waals surface area contributed by atoms with Crippen molar-refractivity contribution in [3.63, 3.8) is 0 Å². The molecule has 40 heavy (non-hydrogen) atoms. The van der Waals surface area contributed by atoms with Crippen LogP contribution in [0.4, 0.5) is 0 Å². The zero-order valence-electron chi connectivity index (χ0n) is 24.9. The van der Waals surface area contributed by atoms with Crippen LogP contribution < -0.4 is 10.6 Å². The second-order valence-corrected chi connectivity index (χ2v) is 9.55. The van der Waals surface area contributed by atoms with Gasteiger partial charge in [-0.05, 0) is 71.0 Å². The standard InChI is InChI=1S/C34H50N4O2/c1-4-5-6-7-8-9-10-11-12-13-14-15-16-17-18-19-20-21-22-23-33(39)35-26-28-38(3)29-27-36-34(40)32-25-24-31(2)37-30-32/h5-6,8-9,11-12,14-15,17-18,20-21,24-25,30H,4,7,10,13,16,19,22-23,26-29H2,1-3H3,(H,35,39)(H,36,40). The Hall–Kier alpha value is -3.51. The molecule has 2 N–H and O–H groups in total. The van der Waals surface area contributed by atoms with Gasteiger partial charge >= 0.3 is 0 Å². The number of hydrogen-bond acceptors (Lipinski definition) is 4. The van der Waals surface area contributed by atoms with Gasteiger partial charge < -0.3 is 15.5 Å². The van der Waals surface area contributed by atoms with Crippen molar-refractivity contribution in [1.29, 1.82) is 0 Å². The molecule has 1 rings (SSSR count). The van der Waals surface area contributed by atoms with Crippen molar-refractivity contribution in [3.05, 3.63) is 102 Å². The maximum absolute atomic E-state index is 12.1. The maximum Gasteiger partial charge on any atom is 0.252 e. The van der Waals surface area contributed by atoms with Crippen LogP contribution in [-0.2, 0) is 4.79 Å². The first-order chi connectivity index (χ1) is 19.5. The van der Waals surface area contributed by atoms with Crippen molar-refractivity contribution >= 4 is 11.8 Å². The van der Waals surface area contributed by atoms with E-state index in [1.807, 2.05) is 20.0 Å². The molecule has 0 bridgehead atoms. The largest absolute Gasteiger partial charge is 0.355 e. The number of pyridine rings is 1. The van der Waals surface area contributed by atoms with Crippen LogP contribution in [0.5, 0.6) is 0 Å². The van der Waals surface area contributed by atoms with Crippen molar-refractivity contribution < 1.29 is 9.59 Å². The Bertz CT molecular complexity index is 988. The first-order valence-electron chi connectivity index (χ1n) is 14.6. The highest BCUT2D eigenvalue weighted by Crippen LogP contribution is 2.00. The smallest absolute Gasteiger partial charge is 0.252 e. The highest BCUT2D eigenvalue weighted by Gasteiger charge is 2.06. The van der Waals surface area contributed by atoms with Crippen LogP contribution in [-0.4, -0.2) is 54.9 Å². The number of carbonyl (C=O) groups is 2. The number of amides is 2. The molecule has 0 unspecified atom stereocenters. The normalized spacial score (nSPS) is 12.4. The van der Waals surface area contributed by atoms with Crippen LogP contribution in [0.3, 0.4) is 0 Å². The summed E-state index contributed by atoms with van der Waals surface area (Å²) in [5.74, 6) is -0.0586. The molecule has 0 aliphatic rings. The SMILES string of the molecule is CCC=CCC=CCC=CCC=CCC=CCC=CCCC(=O)NCCN(C)CCNC(=O)c1ccc(C)nc1. The molecular formula is C34H50N4O2. The number of aryl methyl sites for hydroxylation is 1. The highest BCUT2D eigenvalue weighted by molar-refractivity contribution is 5.93.